The van der Waals surface area contributed by atoms with Gasteiger partial charge < -0.3 is 15.2 Å². The molecule has 0 radical (unpaired) electrons. The number of imidazole rings is 1. The van der Waals surface area contributed by atoms with Gasteiger partial charge in [0, 0.05) is 37.6 Å². The number of nitrogens with zero attached hydrogens (tertiary/aromatic N) is 3. The molecule has 1 aliphatic heterocycles. The van der Waals surface area contributed by atoms with Crippen LogP contribution in [0.15, 0.2) is 12.4 Å². The average Bonchev–Trinajstić information content (AvgIpc) is 2.90. The zero-order valence-electron chi connectivity index (χ0n) is 11.1. The zero-order valence-corrected chi connectivity index (χ0v) is 11.1. The van der Waals surface area contributed by atoms with Gasteiger partial charge in [0.25, 0.3) is 0 Å². The molecule has 18 heavy (non-hydrogen) atoms. The minimum atomic E-state index is 0.388. The van der Waals surface area contributed by atoms with Crippen LogP contribution in [0, 0.1) is 0 Å². The van der Waals surface area contributed by atoms with Crippen molar-refractivity contribution in [3.63, 3.8) is 0 Å². The summed E-state index contributed by atoms with van der Waals surface area (Å²) in [6.45, 7) is 2.12. The Hall–Kier alpha value is -1.03. The summed E-state index contributed by atoms with van der Waals surface area (Å²) in [5.74, 6) is 1.17. The molecule has 0 amide bonds. The van der Waals surface area contributed by atoms with Gasteiger partial charge in [-0.1, -0.05) is 19.3 Å². The Balaban J connectivity index is 1.74. The lowest BCUT2D eigenvalue weighted by Gasteiger charge is -2.33. The van der Waals surface area contributed by atoms with Crippen molar-refractivity contribution in [2.24, 2.45) is 5.73 Å². The largest absolute Gasteiger partial charge is 0.342 e. The molecule has 1 saturated heterocycles. The summed E-state index contributed by atoms with van der Waals surface area (Å²) in [5, 5.41) is 0. The third-order valence-electron chi connectivity index (χ3n) is 4.44. The van der Waals surface area contributed by atoms with Crippen molar-refractivity contribution in [3.8, 4) is 0 Å². The summed E-state index contributed by atoms with van der Waals surface area (Å²) >= 11 is 0. The fraction of sp³-hybridized carbons (Fsp3) is 0.786. The summed E-state index contributed by atoms with van der Waals surface area (Å²) in [6, 6.07) is 1.06. The smallest absolute Gasteiger partial charge is 0.205 e. The van der Waals surface area contributed by atoms with Gasteiger partial charge in [-0.3, -0.25) is 0 Å². The van der Waals surface area contributed by atoms with Crippen molar-refractivity contribution in [2.45, 2.75) is 57.0 Å². The monoisotopic (exact) mass is 248 g/mol. The highest BCUT2D eigenvalue weighted by Crippen LogP contribution is 2.31. The van der Waals surface area contributed by atoms with Crippen molar-refractivity contribution >= 4 is 5.95 Å². The number of hydrogen-bond acceptors (Lipinski definition) is 3. The highest BCUT2D eigenvalue weighted by Gasteiger charge is 2.23. The molecule has 100 valence electrons. The maximum atomic E-state index is 5.98. The van der Waals surface area contributed by atoms with Gasteiger partial charge in [0.2, 0.25) is 5.95 Å². The fourth-order valence-electron chi connectivity index (χ4n) is 3.29. The molecule has 3 rings (SSSR count). The van der Waals surface area contributed by atoms with Crippen molar-refractivity contribution in [2.75, 3.05) is 18.0 Å². The molecule has 1 aromatic rings. The van der Waals surface area contributed by atoms with Crippen LogP contribution in [-0.2, 0) is 0 Å². The first-order chi connectivity index (χ1) is 8.84. The summed E-state index contributed by atoms with van der Waals surface area (Å²) in [7, 11) is 0. The predicted octanol–water partition coefficient (Wildman–Crippen LogP) is 2.32. The molecule has 0 aromatic carbocycles. The van der Waals surface area contributed by atoms with E-state index in [1.54, 1.807) is 0 Å². The van der Waals surface area contributed by atoms with Crippen LogP contribution in [0.4, 0.5) is 5.95 Å². The summed E-state index contributed by atoms with van der Waals surface area (Å²) in [5.41, 5.74) is 5.98. The van der Waals surface area contributed by atoms with E-state index in [0.29, 0.717) is 12.1 Å². The van der Waals surface area contributed by atoms with Crippen LogP contribution in [0.5, 0.6) is 0 Å². The number of anilines is 1. The van der Waals surface area contributed by atoms with Crippen LogP contribution in [0.1, 0.15) is 51.0 Å². The van der Waals surface area contributed by atoms with Crippen LogP contribution in [0.25, 0.3) is 0 Å². The predicted molar refractivity (Wildman–Crippen MR) is 73.8 cm³/mol. The highest BCUT2D eigenvalue weighted by atomic mass is 15.3. The average molecular weight is 248 g/mol. The van der Waals surface area contributed by atoms with E-state index in [2.05, 4.69) is 20.6 Å². The zero-order chi connectivity index (χ0) is 12.4. The molecule has 2 heterocycles. The summed E-state index contributed by atoms with van der Waals surface area (Å²) < 4.78 is 2.41. The lowest BCUT2D eigenvalue weighted by molar-refractivity contribution is 0.350. The van der Waals surface area contributed by atoms with Crippen molar-refractivity contribution < 1.29 is 0 Å². The summed E-state index contributed by atoms with van der Waals surface area (Å²) in [4.78, 5) is 7.00. The van der Waals surface area contributed by atoms with E-state index in [0.717, 1.165) is 25.9 Å². The Morgan fingerprint density at radius 1 is 1.06 bits per heavy atom. The fourth-order valence-corrected chi connectivity index (χ4v) is 3.29. The van der Waals surface area contributed by atoms with Gasteiger partial charge in [-0.15, -0.1) is 0 Å². The lowest BCUT2D eigenvalue weighted by Crippen LogP contribution is -2.41. The van der Waals surface area contributed by atoms with E-state index in [9.17, 15) is 0 Å². The second kappa shape index (κ2) is 5.31. The lowest BCUT2D eigenvalue weighted by atomic mass is 9.95. The number of piperidine rings is 1. The Labute approximate surface area is 109 Å². The molecule has 0 unspecified atom stereocenters. The minimum Gasteiger partial charge on any atom is -0.342 e. The van der Waals surface area contributed by atoms with Gasteiger partial charge in [-0.2, -0.15) is 0 Å². The second-order valence-corrected chi connectivity index (χ2v) is 5.75. The number of aromatic nitrogens is 2. The Morgan fingerprint density at radius 3 is 2.50 bits per heavy atom. The van der Waals surface area contributed by atoms with E-state index in [4.69, 9.17) is 5.73 Å². The van der Waals surface area contributed by atoms with E-state index in [-0.39, 0.29) is 0 Å². The van der Waals surface area contributed by atoms with Gasteiger partial charge in [0.1, 0.15) is 0 Å². The minimum absolute atomic E-state index is 0.388. The number of nitrogens with two attached hydrogens (primary N) is 1. The topological polar surface area (TPSA) is 47.1 Å². The first-order valence-electron chi connectivity index (χ1n) is 7.38. The molecule has 4 nitrogen and oxygen atoms in total. The van der Waals surface area contributed by atoms with Crippen LogP contribution in [0.3, 0.4) is 0 Å². The second-order valence-electron chi connectivity index (χ2n) is 5.75. The Kier molecular flexibility index (Phi) is 3.55. The molecule has 2 N–H and O–H groups in total. The van der Waals surface area contributed by atoms with Gasteiger partial charge in [0.05, 0.1) is 0 Å². The quantitative estimate of drug-likeness (QED) is 0.873. The maximum absolute atomic E-state index is 5.98. The molecular formula is C14H24N4. The molecule has 1 aliphatic carbocycles. The van der Waals surface area contributed by atoms with Crippen LogP contribution < -0.4 is 10.6 Å². The molecule has 0 atom stereocenters. The molecule has 0 spiro atoms. The van der Waals surface area contributed by atoms with E-state index in [1.165, 1.54) is 38.1 Å². The van der Waals surface area contributed by atoms with Crippen LogP contribution in [-0.4, -0.2) is 28.7 Å². The first-order valence-corrected chi connectivity index (χ1v) is 7.38. The van der Waals surface area contributed by atoms with Gasteiger partial charge >= 0.3 is 0 Å². The third-order valence-corrected chi connectivity index (χ3v) is 4.44. The SMILES string of the molecule is NC1CCN(c2nccn2C2CCCCC2)CC1. The van der Waals surface area contributed by atoms with E-state index < -0.39 is 0 Å². The molecule has 1 aromatic heterocycles. The van der Waals surface area contributed by atoms with Crippen LogP contribution in [0.2, 0.25) is 0 Å². The normalized spacial score (nSPS) is 23.5. The first kappa shape index (κ1) is 12.0. The van der Waals surface area contributed by atoms with E-state index >= 15 is 0 Å². The van der Waals surface area contributed by atoms with Crippen LogP contribution >= 0.6 is 0 Å². The maximum Gasteiger partial charge on any atom is 0.205 e. The standard InChI is InChI=1S/C14H24N4/c15-12-6-9-17(10-7-12)14-16-8-11-18(14)13-4-2-1-3-5-13/h8,11-13H,1-7,9-10,15H2. The van der Waals surface area contributed by atoms with E-state index in [1.807, 2.05) is 6.20 Å². The van der Waals surface area contributed by atoms with Gasteiger partial charge in [-0.25, -0.2) is 4.98 Å². The third kappa shape index (κ3) is 2.39. The Morgan fingerprint density at radius 2 is 1.78 bits per heavy atom. The number of hydrogen-bond donors (Lipinski definition) is 1. The Bertz CT molecular complexity index is 373. The molecule has 1 saturated carbocycles. The number of rotatable bonds is 2. The van der Waals surface area contributed by atoms with Crippen molar-refractivity contribution in [1.29, 1.82) is 0 Å². The van der Waals surface area contributed by atoms with Gasteiger partial charge in [-0.05, 0) is 25.7 Å². The molecule has 0 bridgehead atoms. The van der Waals surface area contributed by atoms with Gasteiger partial charge in [0.15, 0.2) is 0 Å². The molecule has 2 fully saturated rings. The highest BCUT2D eigenvalue weighted by molar-refractivity contribution is 5.32. The molecule has 2 aliphatic rings. The molecule has 4 heteroatoms. The summed E-state index contributed by atoms with van der Waals surface area (Å²) in [6.07, 6.45) is 13.1. The molecular weight excluding hydrogens is 224 g/mol. The van der Waals surface area contributed by atoms with Crippen molar-refractivity contribution in [3.05, 3.63) is 12.4 Å². The van der Waals surface area contributed by atoms with Crippen molar-refractivity contribution in [1.82, 2.24) is 9.55 Å².